The smallest absolute Gasteiger partial charge is 0.266 e. The Labute approximate surface area is 192 Å². The highest BCUT2D eigenvalue weighted by Crippen LogP contribution is 2.21. The maximum Gasteiger partial charge on any atom is 0.266 e. The third-order valence-corrected chi connectivity index (χ3v) is 5.22. The Hall–Kier alpha value is -3.32. The van der Waals surface area contributed by atoms with E-state index in [1.807, 2.05) is 36.4 Å². The molecule has 0 atom stereocenters. The van der Waals surface area contributed by atoms with Crippen molar-refractivity contribution < 1.29 is 9.53 Å². The highest BCUT2D eigenvalue weighted by molar-refractivity contribution is 6.30. The molecular formula is C24H27ClN4O3. The molecule has 3 aromatic rings. The average molecular weight is 455 g/mol. The van der Waals surface area contributed by atoms with Crippen LogP contribution in [0.15, 0.2) is 65.5 Å². The molecule has 7 nitrogen and oxygen atoms in total. The van der Waals surface area contributed by atoms with E-state index in [0.717, 1.165) is 24.3 Å². The number of hydrogen-bond acceptors (Lipinski definition) is 5. The second-order valence-corrected chi connectivity index (χ2v) is 7.53. The lowest BCUT2D eigenvalue weighted by molar-refractivity contribution is -0.123. The summed E-state index contributed by atoms with van der Waals surface area (Å²) in [5.74, 6) is 0.373. The van der Waals surface area contributed by atoms with Crippen LogP contribution in [0.3, 0.4) is 0 Å². The highest BCUT2D eigenvalue weighted by atomic mass is 35.5. The van der Waals surface area contributed by atoms with Crippen molar-refractivity contribution in [3.8, 4) is 17.0 Å². The van der Waals surface area contributed by atoms with Crippen molar-refractivity contribution in [2.45, 2.75) is 20.4 Å². The number of amides is 1. The third kappa shape index (κ3) is 6.34. The summed E-state index contributed by atoms with van der Waals surface area (Å²) in [6.07, 6.45) is 0. The van der Waals surface area contributed by atoms with Gasteiger partial charge in [0.15, 0.2) is 6.61 Å². The summed E-state index contributed by atoms with van der Waals surface area (Å²) in [6.45, 7) is 6.39. The van der Waals surface area contributed by atoms with Crippen molar-refractivity contribution in [1.29, 1.82) is 0 Å². The topological polar surface area (TPSA) is 76.5 Å². The number of aromatic nitrogens is 2. The van der Waals surface area contributed by atoms with Gasteiger partial charge in [0.2, 0.25) is 0 Å². The summed E-state index contributed by atoms with van der Waals surface area (Å²) in [7, 11) is 0. The van der Waals surface area contributed by atoms with Gasteiger partial charge >= 0.3 is 0 Å². The zero-order chi connectivity index (χ0) is 22.9. The van der Waals surface area contributed by atoms with E-state index in [-0.39, 0.29) is 31.2 Å². The number of hydrogen-bond donors (Lipinski definition) is 1. The van der Waals surface area contributed by atoms with Crippen LogP contribution in [0, 0.1) is 0 Å². The quantitative estimate of drug-likeness (QED) is 0.506. The van der Waals surface area contributed by atoms with E-state index in [1.165, 1.54) is 10.7 Å². The Balaban J connectivity index is 1.52. The van der Waals surface area contributed by atoms with E-state index >= 15 is 0 Å². The van der Waals surface area contributed by atoms with Gasteiger partial charge in [0.25, 0.3) is 11.5 Å². The summed E-state index contributed by atoms with van der Waals surface area (Å²) >= 11 is 5.93. The second kappa shape index (κ2) is 11.3. The number of nitrogens with zero attached hydrogens (tertiary/aromatic N) is 3. The second-order valence-electron chi connectivity index (χ2n) is 7.10. The fourth-order valence-corrected chi connectivity index (χ4v) is 3.37. The number of carbonyl (C=O) groups excluding carboxylic acids is 1. The normalized spacial score (nSPS) is 10.6. The van der Waals surface area contributed by atoms with Crippen LogP contribution in [-0.2, 0) is 11.3 Å². The predicted octanol–water partition coefficient (Wildman–Crippen LogP) is 3.61. The standard InChI is InChI=1S/C24H27ClN4O3/c1-3-28(4-2)20-6-5-7-21(16-20)32-17-23(30)26-14-15-29-24(31)13-12-22(27-29)18-8-10-19(25)11-9-18/h5-13,16H,3-4,14-15,17H2,1-2H3,(H,26,30). The van der Waals surface area contributed by atoms with Crippen molar-refractivity contribution in [2.24, 2.45) is 0 Å². The number of benzene rings is 2. The first-order chi connectivity index (χ1) is 15.5. The number of anilines is 1. The lowest BCUT2D eigenvalue weighted by Crippen LogP contribution is -2.34. The zero-order valence-corrected chi connectivity index (χ0v) is 19.0. The lowest BCUT2D eigenvalue weighted by Gasteiger charge is -2.21. The van der Waals surface area contributed by atoms with Crippen molar-refractivity contribution in [3.05, 3.63) is 76.0 Å². The Bertz CT molecular complexity index is 1090. The van der Waals surface area contributed by atoms with Gasteiger partial charge < -0.3 is 15.0 Å². The number of ether oxygens (including phenoxy) is 1. The monoisotopic (exact) mass is 454 g/mol. The maximum atomic E-state index is 12.2. The van der Waals surface area contributed by atoms with Crippen LogP contribution in [0.2, 0.25) is 5.02 Å². The molecule has 0 saturated carbocycles. The Kier molecular flexibility index (Phi) is 8.27. The van der Waals surface area contributed by atoms with Gasteiger partial charge in [-0.05, 0) is 44.2 Å². The molecule has 1 N–H and O–H groups in total. The summed E-state index contributed by atoms with van der Waals surface area (Å²) < 4.78 is 6.96. The first-order valence-electron chi connectivity index (χ1n) is 10.6. The summed E-state index contributed by atoms with van der Waals surface area (Å²) in [6, 6.07) is 18.0. The molecule has 0 saturated heterocycles. The van der Waals surface area contributed by atoms with E-state index in [1.54, 1.807) is 18.2 Å². The van der Waals surface area contributed by atoms with E-state index < -0.39 is 0 Å². The van der Waals surface area contributed by atoms with E-state index in [0.29, 0.717) is 16.5 Å². The third-order valence-electron chi connectivity index (χ3n) is 4.97. The molecular weight excluding hydrogens is 428 g/mol. The van der Waals surface area contributed by atoms with Crippen molar-refractivity contribution >= 4 is 23.2 Å². The molecule has 0 fully saturated rings. The fourth-order valence-electron chi connectivity index (χ4n) is 3.24. The number of halogens is 1. The molecule has 168 valence electrons. The molecule has 0 unspecified atom stereocenters. The first-order valence-corrected chi connectivity index (χ1v) is 11.0. The molecule has 0 spiro atoms. The lowest BCUT2D eigenvalue weighted by atomic mass is 10.1. The zero-order valence-electron chi connectivity index (χ0n) is 18.3. The molecule has 8 heteroatoms. The fraction of sp³-hybridized carbons (Fsp3) is 0.292. The van der Waals surface area contributed by atoms with Gasteiger partial charge in [0.1, 0.15) is 5.75 Å². The van der Waals surface area contributed by atoms with E-state index in [9.17, 15) is 9.59 Å². The summed E-state index contributed by atoms with van der Waals surface area (Å²) in [4.78, 5) is 26.5. The Morgan fingerprint density at radius 1 is 1.09 bits per heavy atom. The van der Waals surface area contributed by atoms with Crippen LogP contribution in [0.25, 0.3) is 11.3 Å². The summed E-state index contributed by atoms with van der Waals surface area (Å²) in [5.41, 5.74) is 2.33. The maximum absolute atomic E-state index is 12.2. The molecule has 0 aliphatic heterocycles. The SMILES string of the molecule is CCN(CC)c1cccc(OCC(=O)NCCn2nc(-c3ccc(Cl)cc3)ccc2=O)c1. The molecule has 1 amide bonds. The summed E-state index contributed by atoms with van der Waals surface area (Å²) in [5, 5.41) is 7.77. The number of carbonyl (C=O) groups is 1. The van der Waals surface area contributed by atoms with E-state index in [2.05, 4.69) is 29.2 Å². The Morgan fingerprint density at radius 3 is 2.56 bits per heavy atom. The largest absolute Gasteiger partial charge is 0.484 e. The molecule has 3 rings (SSSR count). The van der Waals surface area contributed by atoms with Crippen LogP contribution >= 0.6 is 11.6 Å². The minimum Gasteiger partial charge on any atom is -0.484 e. The molecule has 0 aliphatic carbocycles. The van der Waals surface area contributed by atoms with Gasteiger partial charge in [0, 0.05) is 48.0 Å². The Morgan fingerprint density at radius 2 is 1.84 bits per heavy atom. The van der Waals surface area contributed by atoms with Gasteiger partial charge in [-0.1, -0.05) is 29.8 Å². The van der Waals surface area contributed by atoms with Crippen molar-refractivity contribution in [3.63, 3.8) is 0 Å². The van der Waals surface area contributed by atoms with Crippen LogP contribution in [0.5, 0.6) is 5.75 Å². The van der Waals surface area contributed by atoms with Crippen LogP contribution < -0.4 is 20.5 Å². The molecule has 2 aromatic carbocycles. The molecule has 0 radical (unpaired) electrons. The van der Waals surface area contributed by atoms with Crippen LogP contribution in [0.1, 0.15) is 13.8 Å². The molecule has 0 aliphatic rings. The van der Waals surface area contributed by atoms with Gasteiger partial charge in [-0.15, -0.1) is 0 Å². The average Bonchev–Trinajstić information content (AvgIpc) is 2.81. The van der Waals surface area contributed by atoms with Crippen LogP contribution in [0.4, 0.5) is 5.69 Å². The molecule has 0 bridgehead atoms. The van der Waals surface area contributed by atoms with Gasteiger partial charge in [0.05, 0.1) is 12.2 Å². The van der Waals surface area contributed by atoms with Gasteiger partial charge in [-0.2, -0.15) is 5.10 Å². The minimum atomic E-state index is -0.264. The minimum absolute atomic E-state index is 0.102. The number of nitrogens with one attached hydrogen (secondary N) is 1. The van der Waals surface area contributed by atoms with Gasteiger partial charge in [-0.25, -0.2) is 4.68 Å². The van der Waals surface area contributed by atoms with Crippen molar-refractivity contribution in [2.75, 3.05) is 31.1 Å². The highest BCUT2D eigenvalue weighted by Gasteiger charge is 2.07. The van der Waals surface area contributed by atoms with Crippen LogP contribution in [-0.4, -0.2) is 41.9 Å². The van der Waals surface area contributed by atoms with Gasteiger partial charge in [-0.3, -0.25) is 9.59 Å². The molecule has 1 aromatic heterocycles. The number of rotatable bonds is 10. The van der Waals surface area contributed by atoms with Crippen molar-refractivity contribution in [1.82, 2.24) is 15.1 Å². The molecule has 1 heterocycles. The predicted molar refractivity (Wildman–Crippen MR) is 127 cm³/mol. The van der Waals surface area contributed by atoms with E-state index in [4.69, 9.17) is 16.3 Å². The molecule has 32 heavy (non-hydrogen) atoms. The first kappa shape index (κ1) is 23.3.